The second-order valence-corrected chi connectivity index (χ2v) is 13.3. The van der Waals surface area contributed by atoms with Gasteiger partial charge in [0.2, 0.25) is 0 Å². The lowest BCUT2D eigenvalue weighted by atomic mass is 9.94. The zero-order valence-corrected chi connectivity index (χ0v) is 28.4. The van der Waals surface area contributed by atoms with Crippen molar-refractivity contribution in [1.29, 1.82) is 0 Å². The Morgan fingerprint density at radius 2 is 0.865 bits per heavy atom. The van der Waals surface area contributed by atoms with Crippen LogP contribution in [-0.4, -0.2) is 0 Å². The fourth-order valence-corrected chi connectivity index (χ4v) is 7.73. The maximum absolute atomic E-state index is 6.60. The van der Waals surface area contributed by atoms with Crippen molar-refractivity contribution >= 4 is 60.5 Å². The molecule has 0 radical (unpaired) electrons. The predicted octanol–water partition coefficient (Wildman–Crippen LogP) is 14.4. The van der Waals surface area contributed by atoms with E-state index in [0.717, 1.165) is 39.0 Å². The van der Waals surface area contributed by atoms with Crippen LogP contribution in [0.3, 0.4) is 0 Å². The molecule has 1 heterocycles. The number of nitrogens with zero attached hydrogens (tertiary/aromatic N) is 1. The van der Waals surface area contributed by atoms with E-state index in [1.807, 2.05) is 12.1 Å². The maximum atomic E-state index is 6.60. The lowest BCUT2D eigenvalue weighted by Gasteiger charge is -2.26. The summed E-state index contributed by atoms with van der Waals surface area (Å²) in [7, 11) is 0. The first-order chi connectivity index (χ1) is 25.8. The zero-order valence-electron chi connectivity index (χ0n) is 28.4. The van der Waals surface area contributed by atoms with Gasteiger partial charge in [-0.3, -0.25) is 0 Å². The Bertz CT molecular complexity index is 2880. The lowest BCUT2D eigenvalue weighted by Crippen LogP contribution is -2.10. The molecule has 1 aromatic heterocycles. The van der Waals surface area contributed by atoms with Crippen LogP contribution in [0.2, 0.25) is 0 Å². The van der Waals surface area contributed by atoms with Gasteiger partial charge in [0.1, 0.15) is 5.58 Å². The number of rotatable bonds is 6. The largest absolute Gasteiger partial charge is 0.454 e. The summed E-state index contributed by atoms with van der Waals surface area (Å²) in [4.78, 5) is 2.32. The van der Waals surface area contributed by atoms with Gasteiger partial charge in [0.05, 0.1) is 5.69 Å². The molecule has 0 spiro atoms. The molecular formula is C50H33NO. The Balaban J connectivity index is 1.10. The van der Waals surface area contributed by atoms with E-state index in [-0.39, 0.29) is 0 Å². The van der Waals surface area contributed by atoms with Crippen LogP contribution in [0.15, 0.2) is 205 Å². The fourth-order valence-electron chi connectivity index (χ4n) is 7.73. The molecule has 0 unspecified atom stereocenters. The Morgan fingerprint density at radius 3 is 1.60 bits per heavy atom. The van der Waals surface area contributed by atoms with Crippen LogP contribution < -0.4 is 4.90 Å². The first-order valence-corrected chi connectivity index (χ1v) is 17.8. The Hall–Kier alpha value is -6.90. The van der Waals surface area contributed by atoms with Gasteiger partial charge in [-0.15, -0.1) is 0 Å². The van der Waals surface area contributed by atoms with Crippen molar-refractivity contribution in [2.24, 2.45) is 0 Å². The fraction of sp³-hybridized carbons (Fsp3) is 0. The van der Waals surface area contributed by atoms with Crippen molar-refractivity contribution in [1.82, 2.24) is 0 Å². The van der Waals surface area contributed by atoms with Crippen LogP contribution in [0.25, 0.3) is 76.9 Å². The van der Waals surface area contributed by atoms with Crippen molar-refractivity contribution in [3.05, 3.63) is 200 Å². The Labute approximate surface area is 302 Å². The average Bonchev–Trinajstić information content (AvgIpc) is 3.61. The third kappa shape index (κ3) is 5.12. The first kappa shape index (κ1) is 30.0. The van der Waals surface area contributed by atoms with E-state index in [0.29, 0.717) is 0 Å². The number of anilines is 3. The molecule has 0 saturated heterocycles. The van der Waals surface area contributed by atoms with Gasteiger partial charge in [-0.1, -0.05) is 158 Å². The zero-order chi connectivity index (χ0) is 34.4. The van der Waals surface area contributed by atoms with Crippen molar-refractivity contribution in [2.75, 3.05) is 4.90 Å². The van der Waals surface area contributed by atoms with Crippen molar-refractivity contribution in [3.8, 4) is 33.4 Å². The molecule has 2 heteroatoms. The molecule has 10 rings (SSSR count). The minimum Gasteiger partial charge on any atom is -0.454 e. The van der Waals surface area contributed by atoms with E-state index in [2.05, 4.69) is 193 Å². The second-order valence-electron chi connectivity index (χ2n) is 13.3. The van der Waals surface area contributed by atoms with Crippen LogP contribution in [0.5, 0.6) is 0 Å². The van der Waals surface area contributed by atoms with Crippen molar-refractivity contribution in [3.63, 3.8) is 0 Å². The van der Waals surface area contributed by atoms with E-state index >= 15 is 0 Å². The standard InChI is InChI=1S/C50H33NO/c1-2-11-34(12-3-1)39-24-23-36-15-9-19-44(47(36)33-39)38-27-31-41(32-28-38)51(48-21-10-20-46-45-17-6-7-22-49(45)52-50(46)48)40-29-25-37(26-30-40)43-18-8-14-35-13-4-5-16-42(35)43/h1-33H. The van der Waals surface area contributed by atoms with Gasteiger partial charge in [0.15, 0.2) is 5.58 Å². The van der Waals surface area contributed by atoms with Gasteiger partial charge in [0.25, 0.3) is 0 Å². The first-order valence-electron chi connectivity index (χ1n) is 17.8. The third-order valence-electron chi connectivity index (χ3n) is 10.3. The number of furan rings is 1. The van der Waals surface area contributed by atoms with Crippen LogP contribution in [0.4, 0.5) is 17.1 Å². The molecule has 0 aliphatic rings. The predicted molar refractivity (Wildman–Crippen MR) is 220 cm³/mol. The van der Waals surface area contributed by atoms with Gasteiger partial charge >= 0.3 is 0 Å². The summed E-state index contributed by atoms with van der Waals surface area (Å²) < 4.78 is 6.60. The summed E-state index contributed by atoms with van der Waals surface area (Å²) in [6.07, 6.45) is 0. The minimum absolute atomic E-state index is 0.869. The van der Waals surface area contributed by atoms with Crippen molar-refractivity contribution < 1.29 is 4.42 Å². The number of fused-ring (bicyclic) bond motifs is 5. The van der Waals surface area contributed by atoms with E-state index < -0.39 is 0 Å². The van der Waals surface area contributed by atoms with E-state index in [1.165, 1.54) is 54.9 Å². The lowest BCUT2D eigenvalue weighted by molar-refractivity contribution is 0.669. The summed E-state index contributed by atoms with van der Waals surface area (Å²) in [6.45, 7) is 0. The summed E-state index contributed by atoms with van der Waals surface area (Å²) in [6, 6.07) is 71.6. The molecular weight excluding hydrogens is 631 g/mol. The summed E-state index contributed by atoms with van der Waals surface area (Å²) >= 11 is 0. The molecule has 0 aliphatic carbocycles. The van der Waals surface area contributed by atoms with Gasteiger partial charge in [-0.05, 0) is 97.4 Å². The van der Waals surface area contributed by atoms with E-state index in [1.54, 1.807) is 0 Å². The summed E-state index contributed by atoms with van der Waals surface area (Å²) in [5, 5.41) is 7.18. The average molecular weight is 664 g/mol. The van der Waals surface area contributed by atoms with Crippen LogP contribution >= 0.6 is 0 Å². The van der Waals surface area contributed by atoms with Crippen LogP contribution in [-0.2, 0) is 0 Å². The topological polar surface area (TPSA) is 16.4 Å². The molecule has 9 aromatic carbocycles. The number of para-hydroxylation sites is 2. The van der Waals surface area contributed by atoms with E-state index in [4.69, 9.17) is 4.42 Å². The molecule has 0 N–H and O–H groups in total. The highest BCUT2D eigenvalue weighted by atomic mass is 16.3. The number of hydrogen-bond acceptors (Lipinski definition) is 2. The maximum Gasteiger partial charge on any atom is 0.159 e. The molecule has 244 valence electrons. The number of hydrogen-bond donors (Lipinski definition) is 0. The monoisotopic (exact) mass is 663 g/mol. The smallest absolute Gasteiger partial charge is 0.159 e. The molecule has 52 heavy (non-hydrogen) atoms. The molecule has 0 bridgehead atoms. The van der Waals surface area contributed by atoms with Crippen molar-refractivity contribution in [2.45, 2.75) is 0 Å². The van der Waals surface area contributed by atoms with Gasteiger partial charge in [-0.2, -0.15) is 0 Å². The Morgan fingerprint density at radius 1 is 0.327 bits per heavy atom. The van der Waals surface area contributed by atoms with Gasteiger partial charge < -0.3 is 9.32 Å². The van der Waals surface area contributed by atoms with E-state index in [9.17, 15) is 0 Å². The highest BCUT2D eigenvalue weighted by molar-refractivity contribution is 6.10. The second kappa shape index (κ2) is 12.5. The highest BCUT2D eigenvalue weighted by Crippen LogP contribution is 2.43. The molecule has 0 aliphatic heterocycles. The quantitative estimate of drug-likeness (QED) is 0.176. The van der Waals surface area contributed by atoms with Gasteiger partial charge in [-0.25, -0.2) is 0 Å². The number of benzene rings is 9. The summed E-state index contributed by atoms with van der Waals surface area (Å²) in [5.74, 6) is 0. The molecule has 0 atom stereocenters. The third-order valence-corrected chi connectivity index (χ3v) is 10.3. The minimum atomic E-state index is 0.869. The van der Waals surface area contributed by atoms with Crippen LogP contribution in [0.1, 0.15) is 0 Å². The van der Waals surface area contributed by atoms with Gasteiger partial charge in [0, 0.05) is 22.1 Å². The SMILES string of the molecule is c1ccc(-c2ccc3cccc(-c4ccc(N(c5ccc(-c6cccc7ccccc67)cc5)c5cccc6c5oc5ccccc56)cc4)c3c2)cc1. The Kier molecular flexibility index (Phi) is 7.18. The molecule has 0 amide bonds. The van der Waals surface area contributed by atoms with Crippen LogP contribution in [0, 0.1) is 0 Å². The molecule has 0 saturated carbocycles. The molecule has 10 aromatic rings. The summed E-state index contributed by atoms with van der Waals surface area (Å²) in [5.41, 5.74) is 12.1. The normalized spacial score (nSPS) is 11.5. The molecule has 2 nitrogen and oxygen atoms in total. The molecule has 0 fully saturated rings. The highest BCUT2D eigenvalue weighted by Gasteiger charge is 2.20.